The highest BCUT2D eigenvalue weighted by molar-refractivity contribution is 7.80. The number of furan rings is 1. The van der Waals surface area contributed by atoms with Gasteiger partial charge in [0.15, 0.2) is 10.9 Å². The van der Waals surface area contributed by atoms with Gasteiger partial charge in [0.2, 0.25) is 0 Å². The van der Waals surface area contributed by atoms with Gasteiger partial charge in [0.25, 0.3) is 11.8 Å². The van der Waals surface area contributed by atoms with Crippen LogP contribution in [0.1, 0.15) is 11.5 Å². The number of nitrogens with zero attached hydrogens (tertiary/aromatic N) is 1. The Morgan fingerprint density at radius 2 is 2.00 bits per heavy atom. The first-order chi connectivity index (χ1) is 11.5. The van der Waals surface area contributed by atoms with Gasteiger partial charge in [-0.25, -0.2) is 9.29 Å². The Labute approximate surface area is 141 Å². The Bertz CT molecular complexity index is 939. The molecular weight excluding hydrogens is 331 g/mol. The number of rotatable bonds is 2. The fraction of sp³-hybridized carbons (Fsp3) is 0. The summed E-state index contributed by atoms with van der Waals surface area (Å²) in [5.74, 6) is 0.678. The molecule has 2 amide bonds. The molecule has 1 aliphatic heterocycles. The van der Waals surface area contributed by atoms with Gasteiger partial charge < -0.3 is 4.42 Å². The fourth-order valence-corrected chi connectivity index (χ4v) is 2.43. The third-order valence-electron chi connectivity index (χ3n) is 3.25. The second-order valence-corrected chi connectivity index (χ2v) is 5.14. The largest absolute Gasteiger partial charge is 0.448 e. The average molecular weight is 340 g/mol. The summed E-state index contributed by atoms with van der Waals surface area (Å²) in [7, 11) is 0. The number of hydrogen-bond acceptors (Lipinski definition) is 4. The summed E-state index contributed by atoms with van der Waals surface area (Å²) in [5.41, 5.74) is -0.299. The van der Waals surface area contributed by atoms with Crippen molar-refractivity contribution in [3.8, 4) is 12.3 Å². The number of carbonyl (C=O) groups excluding carboxylic acids is 2. The average Bonchev–Trinajstić information content (AvgIpc) is 3.01. The molecular formula is C17H9FN2O3S. The molecule has 5 nitrogen and oxygen atoms in total. The third kappa shape index (κ3) is 2.71. The standard InChI is InChI=1S/C17H9FN2O3S/c1-2-10-7-8-11(23-10)9-12-15(21)19-17(24)20(16(12)22)14-6-4-3-5-13(14)18/h1,3-9H,(H,19,21,24)/b12-9+. The van der Waals surface area contributed by atoms with Crippen LogP contribution in [0.25, 0.3) is 6.08 Å². The van der Waals surface area contributed by atoms with Gasteiger partial charge in [-0.05, 0) is 48.5 Å². The van der Waals surface area contributed by atoms with E-state index in [-0.39, 0.29) is 27.9 Å². The van der Waals surface area contributed by atoms with E-state index in [0.717, 1.165) is 4.90 Å². The lowest BCUT2D eigenvalue weighted by atomic mass is 10.1. The summed E-state index contributed by atoms with van der Waals surface area (Å²) in [5, 5.41) is 2.16. The molecule has 0 aliphatic carbocycles. The molecule has 1 fully saturated rings. The second-order valence-electron chi connectivity index (χ2n) is 4.76. The van der Waals surface area contributed by atoms with E-state index in [1.54, 1.807) is 6.07 Å². The molecule has 2 aromatic rings. The number of hydrogen-bond donors (Lipinski definition) is 1. The van der Waals surface area contributed by atoms with Gasteiger partial charge >= 0.3 is 0 Å². The molecule has 1 N–H and O–H groups in total. The highest BCUT2D eigenvalue weighted by Gasteiger charge is 2.35. The number of carbonyl (C=O) groups is 2. The van der Waals surface area contributed by atoms with Gasteiger partial charge in [-0.2, -0.15) is 0 Å². The Balaban J connectivity index is 2.04. The molecule has 0 radical (unpaired) electrons. The SMILES string of the molecule is C#Cc1ccc(/C=C2\C(=O)NC(=S)N(c3ccccc3F)C2=O)o1. The fourth-order valence-electron chi connectivity index (χ4n) is 2.16. The summed E-state index contributed by atoms with van der Waals surface area (Å²) in [6, 6.07) is 8.66. The van der Waals surface area contributed by atoms with Crippen LogP contribution in [0, 0.1) is 18.2 Å². The van der Waals surface area contributed by atoms with E-state index >= 15 is 0 Å². The molecule has 1 saturated heterocycles. The van der Waals surface area contributed by atoms with Crippen LogP contribution in [-0.2, 0) is 9.59 Å². The maximum absolute atomic E-state index is 14.0. The number of anilines is 1. The van der Waals surface area contributed by atoms with Crippen LogP contribution in [0.5, 0.6) is 0 Å². The Morgan fingerprint density at radius 1 is 1.25 bits per heavy atom. The van der Waals surface area contributed by atoms with Crippen molar-refractivity contribution in [1.29, 1.82) is 0 Å². The summed E-state index contributed by atoms with van der Waals surface area (Å²) >= 11 is 4.99. The molecule has 0 saturated carbocycles. The zero-order chi connectivity index (χ0) is 17.3. The summed E-state index contributed by atoms with van der Waals surface area (Å²) in [6.07, 6.45) is 6.44. The molecule has 0 bridgehead atoms. The minimum atomic E-state index is -0.757. The molecule has 1 aromatic carbocycles. The van der Waals surface area contributed by atoms with Crippen LogP contribution >= 0.6 is 12.2 Å². The lowest BCUT2D eigenvalue weighted by molar-refractivity contribution is -0.122. The summed E-state index contributed by atoms with van der Waals surface area (Å²) in [6.45, 7) is 0. The van der Waals surface area contributed by atoms with E-state index in [4.69, 9.17) is 23.1 Å². The first-order valence-electron chi connectivity index (χ1n) is 6.73. The third-order valence-corrected chi connectivity index (χ3v) is 3.54. The maximum Gasteiger partial charge on any atom is 0.270 e. The topological polar surface area (TPSA) is 62.6 Å². The summed E-state index contributed by atoms with van der Waals surface area (Å²) in [4.78, 5) is 25.6. The number of halogens is 1. The predicted octanol–water partition coefficient (Wildman–Crippen LogP) is 2.23. The highest BCUT2D eigenvalue weighted by Crippen LogP contribution is 2.24. The van der Waals surface area contributed by atoms with Crippen LogP contribution < -0.4 is 10.2 Å². The monoisotopic (exact) mass is 340 g/mol. The van der Waals surface area contributed by atoms with Crippen molar-refractivity contribution in [3.63, 3.8) is 0 Å². The molecule has 118 valence electrons. The van der Waals surface area contributed by atoms with Gasteiger partial charge in [0, 0.05) is 0 Å². The zero-order valence-electron chi connectivity index (χ0n) is 12.1. The zero-order valence-corrected chi connectivity index (χ0v) is 12.9. The Kier molecular flexibility index (Phi) is 3.98. The van der Waals surface area contributed by atoms with Crippen molar-refractivity contribution in [2.24, 2.45) is 0 Å². The highest BCUT2D eigenvalue weighted by atomic mass is 32.1. The summed E-state index contributed by atoms with van der Waals surface area (Å²) < 4.78 is 19.2. The first kappa shape index (κ1) is 15.6. The van der Waals surface area contributed by atoms with Crippen molar-refractivity contribution < 1.29 is 18.4 Å². The van der Waals surface area contributed by atoms with E-state index in [2.05, 4.69) is 11.2 Å². The Hall–Kier alpha value is -3.24. The van der Waals surface area contributed by atoms with Crippen LogP contribution in [0.3, 0.4) is 0 Å². The van der Waals surface area contributed by atoms with Crippen molar-refractivity contribution in [2.75, 3.05) is 4.90 Å². The molecule has 7 heteroatoms. The predicted molar refractivity (Wildman–Crippen MR) is 89.2 cm³/mol. The quantitative estimate of drug-likeness (QED) is 0.394. The number of nitrogens with one attached hydrogen (secondary N) is 1. The van der Waals surface area contributed by atoms with Crippen molar-refractivity contribution in [3.05, 3.63) is 59.3 Å². The normalized spacial score (nSPS) is 16.2. The number of terminal acetylenes is 1. The van der Waals surface area contributed by atoms with Crippen LogP contribution in [-0.4, -0.2) is 16.9 Å². The maximum atomic E-state index is 14.0. The lowest BCUT2D eigenvalue weighted by Gasteiger charge is -2.28. The van der Waals surface area contributed by atoms with E-state index in [0.29, 0.717) is 0 Å². The van der Waals surface area contributed by atoms with E-state index in [9.17, 15) is 14.0 Å². The van der Waals surface area contributed by atoms with Gasteiger partial charge in [0.05, 0.1) is 5.69 Å². The molecule has 0 unspecified atom stereocenters. The molecule has 2 heterocycles. The first-order valence-corrected chi connectivity index (χ1v) is 7.14. The minimum absolute atomic E-state index is 0.0536. The van der Waals surface area contributed by atoms with E-state index in [1.807, 2.05) is 0 Å². The van der Waals surface area contributed by atoms with Gasteiger partial charge in [-0.1, -0.05) is 12.1 Å². The number of thiocarbonyl (C=S) groups is 1. The van der Waals surface area contributed by atoms with Crippen molar-refractivity contribution in [2.45, 2.75) is 0 Å². The Morgan fingerprint density at radius 3 is 2.67 bits per heavy atom. The van der Waals surface area contributed by atoms with Crippen LogP contribution in [0.4, 0.5) is 10.1 Å². The van der Waals surface area contributed by atoms with Crippen molar-refractivity contribution in [1.82, 2.24) is 5.32 Å². The van der Waals surface area contributed by atoms with Gasteiger partial charge in [-0.3, -0.25) is 14.9 Å². The number of para-hydroxylation sites is 1. The molecule has 24 heavy (non-hydrogen) atoms. The molecule has 1 aromatic heterocycles. The number of benzene rings is 1. The lowest BCUT2D eigenvalue weighted by Crippen LogP contribution is -2.54. The van der Waals surface area contributed by atoms with Crippen LogP contribution in [0.15, 0.2) is 46.4 Å². The van der Waals surface area contributed by atoms with Gasteiger partial charge in [-0.15, -0.1) is 6.42 Å². The molecule has 3 rings (SSSR count). The van der Waals surface area contributed by atoms with Crippen molar-refractivity contribution >= 4 is 40.9 Å². The molecule has 0 atom stereocenters. The van der Waals surface area contributed by atoms with Crippen LogP contribution in [0.2, 0.25) is 0 Å². The molecule has 1 aliphatic rings. The van der Waals surface area contributed by atoms with E-state index in [1.165, 1.54) is 36.4 Å². The van der Waals surface area contributed by atoms with E-state index < -0.39 is 17.6 Å². The minimum Gasteiger partial charge on any atom is -0.448 e. The number of amides is 2. The molecule has 0 spiro atoms. The van der Waals surface area contributed by atoms with Gasteiger partial charge in [0.1, 0.15) is 17.2 Å². The smallest absolute Gasteiger partial charge is 0.270 e. The second kappa shape index (κ2) is 6.10.